The molecular weight excluding hydrogens is 198 g/mol. The van der Waals surface area contributed by atoms with E-state index in [2.05, 4.69) is 43.3 Å². The Morgan fingerprint density at radius 1 is 1.25 bits per heavy atom. The van der Waals surface area contributed by atoms with Gasteiger partial charge in [-0.2, -0.15) is 0 Å². The van der Waals surface area contributed by atoms with Crippen LogP contribution in [0.5, 0.6) is 5.75 Å². The Morgan fingerprint density at radius 2 is 2.06 bits per heavy atom. The molecular formula is C14H19NO. The summed E-state index contributed by atoms with van der Waals surface area (Å²) in [5, 5.41) is 0. The lowest BCUT2D eigenvalue weighted by atomic mass is 9.78. The van der Waals surface area contributed by atoms with Crippen LogP contribution in [-0.2, 0) is 0 Å². The second-order valence-electron chi connectivity index (χ2n) is 5.18. The summed E-state index contributed by atoms with van der Waals surface area (Å²) >= 11 is 0. The van der Waals surface area contributed by atoms with Crippen molar-refractivity contribution in [2.45, 2.75) is 37.3 Å². The molecule has 1 aliphatic carbocycles. The van der Waals surface area contributed by atoms with Crippen LogP contribution in [0.1, 0.15) is 37.2 Å². The van der Waals surface area contributed by atoms with Gasteiger partial charge in [-0.05, 0) is 33.0 Å². The quantitative estimate of drug-likeness (QED) is 0.717. The van der Waals surface area contributed by atoms with Crippen LogP contribution < -0.4 is 4.74 Å². The monoisotopic (exact) mass is 217 g/mol. The minimum atomic E-state index is -0.0675. The Balaban J connectivity index is 2.07. The summed E-state index contributed by atoms with van der Waals surface area (Å²) in [5.41, 5.74) is 1.35. The molecule has 86 valence electrons. The predicted octanol–water partition coefficient (Wildman–Crippen LogP) is 2.99. The highest BCUT2D eigenvalue weighted by molar-refractivity contribution is 5.43. The van der Waals surface area contributed by atoms with Crippen molar-refractivity contribution < 1.29 is 4.74 Å². The first-order valence-electron chi connectivity index (χ1n) is 6.19. The van der Waals surface area contributed by atoms with Crippen LogP contribution in [0.2, 0.25) is 0 Å². The van der Waals surface area contributed by atoms with Gasteiger partial charge in [0.05, 0.1) is 0 Å². The average molecular weight is 217 g/mol. The third kappa shape index (κ3) is 1.23. The van der Waals surface area contributed by atoms with Crippen molar-refractivity contribution in [1.82, 2.24) is 4.90 Å². The van der Waals surface area contributed by atoms with E-state index in [9.17, 15) is 0 Å². The summed E-state index contributed by atoms with van der Waals surface area (Å²) in [4.78, 5) is 2.27. The number of hydrogen-bond acceptors (Lipinski definition) is 2. The number of ether oxygens (including phenoxy) is 1. The van der Waals surface area contributed by atoms with Gasteiger partial charge in [0.2, 0.25) is 0 Å². The molecule has 2 atom stereocenters. The molecule has 16 heavy (non-hydrogen) atoms. The number of nitrogens with zero attached hydrogens (tertiary/aromatic N) is 1. The van der Waals surface area contributed by atoms with Crippen LogP contribution in [0.4, 0.5) is 0 Å². The van der Waals surface area contributed by atoms with Gasteiger partial charge in [0, 0.05) is 17.9 Å². The first kappa shape index (κ1) is 10.2. The Morgan fingerprint density at radius 3 is 2.88 bits per heavy atom. The minimum Gasteiger partial charge on any atom is -0.472 e. The fourth-order valence-electron chi connectivity index (χ4n) is 3.33. The molecule has 1 fully saturated rings. The topological polar surface area (TPSA) is 12.5 Å². The van der Waals surface area contributed by atoms with Crippen molar-refractivity contribution >= 4 is 0 Å². The van der Waals surface area contributed by atoms with Crippen molar-refractivity contribution in [3.63, 3.8) is 0 Å². The largest absolute Gasteiger partial charge is 0.472 e. The number of benzene rings is 1. The lowest BCUT2D eigenvalue weighted by Crippen LogP contribution is -2.52. The Kier molecular flexibility index (Phi) is 2.21. The average Bonchev–Trinajstić information content (AvgIpc) is 2.64. The Bertz CT molecular complexity index is 401. The highest BCUT2D eigenvalue weighted by atomic mass is 16.5. The van der Waals surface area contributed by atoms with Crippen LogP contribution >= 0.6 is 0 Å². The Labute approximate surface area is 97.2 Å². The summed E-state index contributed by atoms with van der Waals surface area (Å²) in [7, 11) is 4.29. The fraction of sp³-hybridized carbons (Fsp3) is 0.571. The van der Waals surface area contributed by atoms with E-state index in [1.54, 1.807) is 0 Å². The maximum atomic E-state index is 6.29. The molecule has 2 heteroatoms. The fourth-order valence-corrected chi connectivity index (χ4v) is 3.33. The van der Waals surface area contributed by atoms with E-state index in [1.165, 1.54) is 24.8 Å². The van der Waals surface area contributed by atoms with Gasteiger partial charge in [0.15, 0.2) is 5.72 Å². The van der Waals surface area contributed by atoms with Gasteiger partial charge >= 0.3 is 0 Å². The van der Waals surface area contributed by atoms with Crippen molar-refractivity contribution in [3.8, 4) is 5.75 Å². The van der Waals surface area contributed by atoms with Gasteiger partial charge < -0.3 is 4.74 Å². The Hall–Kier alpha value is -1.02. The maximum absolute atomic E-state index is 6.29. The van der Waals surface area contributed by atoms with Crippen molar-refractivity contribution in [2.24, 2.45) is 0 Å². The van der Waals surface area contributed by atoms with Crippen molar-refractivity contribution in [2.75, 3.05) is 14.1 Å². The van der Waals surface area contributed by atoms with Gasteiger partial charge in [0.25, 0.3) is 0 Å². The lowest BCUT2D eigenvalue weighted by Gasteiger charge is -2.43. The van der Waals surface area contributed by atoms with E-state index < -0.39 is 0 Å². The molecule has 0 saturated heterocycles. The SMILES string of the molecule is CN(C)C12CCCCC1c1ccccc1O2. The molecule has 3 rings (SSSR count). The molecule has 1 aromatic carbocycles. The summed E-state index contributed by atoms with van der Waals surface area (Å²) < 4.78 is 6.29. The molecule has 0 radical (unpaired) electrons. The predicted molar refractivity (Wildman–Crippen MR) is 64.7 cm³/mol. The molecule has 2 unspecified atom stereocenters. The maximum Gasteiger partial charge on any atom is 0.169 e. The van der Waals surface area contributed by atoms with E-state index in [-0.39, 0.29) is 5.72 Å². The zero-order valence-corrected chi connectivity index (χ0v) is 10.1. The molecule has 0 aromatic heterocycles. The summed E-state index contributed by atoms with van der Waals surface area (Å²) in [6.45, 7) is 0. The van der Waals surface area contributed by atoms with Gasteiger partial charge in [-0.25, -0.2) is 0 Å². The molecule has 1 aromatic rings. The second-order valence-corrected chi connectivity index (χ2v) is 5.18. The highest BCUT2D eigenvalue weighted by Crippen LogP contribution is 2.52. The smallest absolute Gasteiger partial charge is 0.169 e. The number of hydrogen-bond donors (Lipinski definition) is 0. The second kappa shape index (κ2) is 3.49. The summed E-state index contributed by atoms with van der Waals surface area (Å²) in [5.74, 6) is 1.66. The van der Waals surface area contributed by atoms with E-state index in [0.717, 1.165) is 12.2 Å². The number of rotatable bonds is 1. The van der Waals surface area contributed by atoms with Crippen LogP contribution in [-0.4, -0.2) is 24.7 Å². The molecule has 1 heterocycles. The zero-order valence-electron chi connectivity index (χ0n) is 10.1. The lowest BCUT2D eigenvalue weighted by molar-refractivity contribution is -0.0815. The number of likely N-dealkylation sites (N-methyl/N-ethyl adjacent to an activating group) is 1. The third-order valence-corrected chi connectivity index (χ3v) is 4.16. The molecule has 2 nitrogen and oxygen atoms in total. The van der Waals surface area contributed by atoms with Gasteiger partial charge in [-0.1, -0.05) is 24.6 Å². The molecule has 0 spiro atoms. The number of para-hydroxylation sites is 1. The van der Waals surface area contributed by atoms with E-state index >= 15 is 0 Å². The molecule has 0 N–H and O–H groups in total. The normalized spacial score (nSPS) is 32.1. The van der Waals surface area contributed by atoms with Crippen molar-refractivity contribution in [3.05, 3.63) is 29.8 Å². The zero-order chi connectivity index (χ0) is 11.2. The first-order chi connectivity index (χ1) is 7.74. The standard InChI is InChI=1S/C14H19NO/c1-15(2)14-10-6-5-8-12(14)11-7-3-4-9-13(11)16-14/h3-4,7,9,12H,5-6,8,10H2,1-2H3. The van der Waals surface area contributed by atoms with E-state index in [0.29, 0.717) is 5.92 Å². The van der Waals surface area contributed by atoms with Gasteiger partial charge in [-0.15, -0.1) is 0 Å². The van der Waals surface area contributed by atoms with Crippen LogP contribution in [0, 0.1) is 0 Å². The van der Waals surface area contributed by atoms with Crippen LogP contribution in [0.15, 0.2) is 24.3 Å². The van der Waals surface area contributed by atoms with E-state index in [1.807, 2.05) is 0 Å². The van der Waals surface area contributed by atoms with Crippen LogP contribution in [0.3, 0.4) is 0 Å². The van der Waals surface area contributed by atoms with Gasteiger partial charge in [0.1, 0.15) is 5.75 Å². The first-order valence-corrected chi connectivity index (χ1v) is 6.19. The molecule has 1 saturated carbocycles. The van der Waals surface area contributed by atoms with E-state index in [4.69, 9.17) is 4.74 Å². The summed E-state index contributed by atoms with van der Waals surface area (Å²) in [6, 6.07) is 8.54. The molecule has 0 bridgehead atoms. The highest BCUT2D eigenvalue weighted by Gasteiger charge is 2.51. The molecule has 2 aliphatic rings. The molecule has 0 amide bonds. The summed E-state index contributed by atoms with van der Waals surface area (Å²) in [6.07, 6.45) is 5.02. The minimum absolute atomic E-state index is 0.0675. The van der Waals surface area contributed by atoms with Crippen LogP contribution in [0.25, 0.3) is 0 Å². The van der Waals surface area contributed by atoms with Gasteiger partial charge in [-0.3, -0.25) is 4.90 Å². The van der Waals surface area contributed by atoms with Crippen molar-refractivity contribution in [1.29, 1.82) is 0 Å². The third-order valence-electron chi connectivity index (χ3n) is 4.16. The molecule has 1 aliphatic heterocycles. The number of fused-ring (bicyclic) bond motifs is 3.